The van der Waals surface area contributed by atoms with Crippen LogP contribution in [-0.4, -0.2) is 38.5 Å². The predicted molar refractivity (Wildman–Crippen MR) is 116 cm³/mol. The Morgan fingerprint density at radius 3 is 2.52 bits per heavy atom. The van der Waals surface area contributed by atoms with E-state index in [0.29, 0.717) is 22.1 Å². The van der Waals surface area contributed by atoms with Crippen LogP contribution in [0.15, 0.2) is 23.1 Å². The molecule has 1 heterocycles. The fourth-order valence-corrected chi connectivity index (χ4v) is 5.51. The van der Waals surface area contributed by atoms with E-state index in [2.05, 4.69) is 5.32 Å². The van der Waals surface area contributed by atoms with E-state index in [1.165, 1.54) is 35.1 Å². The molecular weight excluding hydrogens is 410 g/mol. The smallest absolute Gasteiger partial charge is 0.341 e. The molecule has 0 aliphatic heterocycles. The van der Waals surface area contributed by atoms with E-state index in [1.807, 2.05) is 25.1 Å². The van der Waals surface area contributed by atoms with Crippen LogP contribution in [0.25, 0.3) is 0 Å². The highest BCUT2D eigenvalue weighted by Crippen LogP contribution is 2.39. The van der Waals surface area contributed by atoms with Gasteiger partial charge in [-0.3, -0.25) is 4.79 Å². The molecule has 0 saturated carbocycles. The minimum atomic E-state index is -0.389. The van der Waals surface area contributed by atoms with Crippen LogP contribution < -0.4 is 14.8 Å². The Morgan fingerprint density at radius 1 is 1.10 bits per heavy atom. The largest absolute Gasteiger partial charge is 0.493 e. The minimum Gasteiger partial charge on any atom is -0.493 e. The Morgan fingerprint density at radius 2 is 1.83 bits per heavy atom. The van der Waals surface area contributed by atoms with Gasteiger partial charge in [0.1, 0.15) is 5.00 Å². The number of fused-ring (bicyclic) bond motifs is 1. The van der Waals surface area contributed by atoms with E-state index < -0.39 is 0 Å². The van der Waals surface area contributed by atoms with Gasteiger partial charge in [-0.05, 0) is 56.4 Å². The molecule has 1 aromatic carbocycles. The zero-order chi connectivity index (χ0) is 21.0. The van der Waals surface area contributed by atoms with Crippen LogP contribution in [0.3, 0.4) is 0 Å². The molecule has 2 aromatic rings. The molecule has 156 valence electrons. The number of esters is 1. The van der Waals surface area contributed by atoms with E-state index in [4.69, 9.17) is 14.2 Å². The van der Waals surface area contributed by atoms with Gasteiger partial charge in [0, 0.05) is 9.77 Å². The van der Waals surface area contributed by atoms with Crippen LogP contribution in [0.1, 0.15) is 40.6 Å². The van der Waals surface area contributed by atoms with E-state index in [-0.39, 0.29) is 17.1 Å². The zero-order valence-electron chi connectivity index (χ0n) is 17.0. The highest BCUT2D eigenvalue weighted by Gasteiger charge is 2.28. The summed E-state index contributed by atoms with van der Waals surface area (Å²) in [6.45, 7) is 1.84. The molecule has 1 unspecified atom stereocenters. The first-order chi connectivity index (χ1) is 14.0. The highest BCUT2D eigenvalue weighted by atomic mass is 32.2. The molecule has 0 saturated heterocycles. The lowest BCUT2D eigenvalue weighted by Gasteiger charge is -2.14. The summed E-state index contributed by atoms with van der Waals surface area (Å²) in [6, 6.07) is 5.55. The third-order valence-electron chi connectivity index (χ3n) is 4.83. The number of aryl methyl sites for hydroxylation is 1. The molecule has 1 amide bonds. The summed E-state index contributed by atoms with van der Waals surface area (Å²) < 4.78 is 15.6. The van der Waals surface area contributed by atoms with Crippen molar-refractivity contribution in [1.82, 2.24) is 0 Å². The third-order valence-corrected chi connectivity index (χ3v) is 7.14. The van der Waals surface area contributed by atoms with E-state index in [9.17, 15) is 9.59 Å². The van der Waals surface area contributed by atoms with Gasteiger partial charge >= 0.3 is 5.97 Å². The number of methoxy groups -OCH3 is 3. The maximum absolute atomic E-state index is 12.8. The SMILES string of the molecule is COC(=O)c1c(NC(=O)C(C)Sc2ccc(OC)c(OC)c2)sc2c1CCCC2. The lowest BCUT2D eigenvalue weighted by atomic mass is 9.95. The first-order valence-electron chi connectivity index (χ1n) is 9.40. The second kappa shape index (κ2) is 9.54. The topological polar surface area (TPSA) is 73.9 Å². The number of hydrogen-bond donors (Lipinski definition) is 1. The second-order valence-electron chi connectivity index (χ2n) is 6.67. The number of anilines is 1. The lowest BCUT2D eigenvalue weighted by Crippen LogP contribution is -2.23. The number of hydrogen-bond acceptors (Lipinski definition) is 7. The van der Waals surface area contributed by atoms with Gasteiger partial charge in [0.2, 0.25) is 5.91 Å². The number of thioether (sulfide) groups is 1. The number of carbonyl (C=O) groups is 2. The molecular formula is C21H25NO5S2. The van der Waals surface area contributed by atoms with Crippen LogP contribution in [-0.2, 0) is 22.4 Å². The van der Waals surface area contributed by atoms with E-state index >= 15 is 0 Å². The first kappa shape index (κ1) is 21.5. The van der Waals surface area contributed by atoms with Gasteiger partial charge in [-0.2, -0.15) is 0 Å². The first-order valence-corrected chi connectivity index (χ1v) is 11.1. The summed E-state index contributed by atoms with van der Waals surface area (Å²) in [6.07, 6.45) is 3.94. The molecule has 1 aliphatic carbocycles. The van der Waals surface area contributed by atoms with Gasteiger partial charge in [-0.25, -0.2) is 4.79 Å². The molecule has 3 rings (SSSR count). The maximum Gasteiger partial charge on any atom is 0.341 e. The van der Waals surface area contributed by atoms with Crippen molar-refractivity contribution < 1.29 is 23.8 Å². The summed E-state index contributed by atoms with van der Waals surface area (Å²) >= 11 is 2.91. The average Bonchev–Trinajstić information content (AvgIpc) is 3.10. The van der Waals surface area contributed by atoms with Crippen molar-refractivity contribution in [3.8, 4) is 11.5 Å². The number of benzene rings is 1. The van der Waals surface area contributed by atoms with Crippen LogP contribution in [0.2, 0.25) is 0 Å². The normalized spacial score (nSPS) is 13.9. The van der Waals surface area contributed by atoms with Crippen LogP contribution in [0.4, 0.5) is 5.00 Å². The third kappa shape index (κ3) is 4.70. The van der Waals surface area contributed by atoms with Gasteiger partial charge in [0.15, 0.2) is 11.5 Å². The minimum absolute atomic E-state index is 0.159. The Kier molecular flexibility index (Phi) is 7.08. The number of amides is 1. The quantitative estimate of drug-likeness (QED) is 0.508. The maximum atomic E-state index is 12.8. The number of rotatable bonds is 7. The molecule has 0 spiro atoms. The van der Waals surface area contributed by atoms with Crippen LogP contribution in [0, 0.1) is 0 Å². The Labute approximate surface area is 178 Å². The van der Waals surface area contributed by atoms with Crippen molar-refractivity contribution in [2.45, 2.75) is 42.8 Å². The van der Waals surface area contributed by atoms with Crippen molar-refractivity contribution >= 4 is 40.0 Å². The fraction of sp³-hybridized carbons (Fsp3) is 0.429. The highest BCUT2D eigenvalue weighted by molar-refractivity contribution is 8.00. The Balaban J connectivity index is 1.76. The molecule has 0 fully saturated rings. The summed E-state index contributed by atoms with van der Waals surface area (Å²) in [5.74, 6) is 0.707. The van der Waals surface area contributed by atoms with Crippen molar-refractivity contribution in [2.75, 3.05) is 26.6 Å². The molecule has 1 atom stereocenters. The van der Waals surface area contributed by atoms with Gasteiger partial charge < -0.3 is 19.5 Å². The number of carbonyl (C=O) groups excluding carboxylic acids is 2. The number of thiophene rings is 1. The summed E-state index contributed by atoms with van der Waals surface area (Å²) in [5.41, 5.74) is 1.55. The monoisotopic (exact) mass is 435 g/mol. The van der Waals surface area contributed by atoms with Gasteiger partial charge in [0.25, 0.3) is 0 Å². The van der Waals surface area contributed by atoms with Crippen molar-refractivity contribution in [1.29, 1.82) is 0 Å². The van der Waals surface area contributed by atoms with Gasteiger partial charge in [-0.15, -0.1) is 23.1 Å². The molecule has 1 N–H and O–H groups in total. The molecule has 8 heteroatoms. The van der Waals surface area contributed by atoms with Crippen LogP contribution >= 0.6 is 23.1 Å². The Bertz CT molecular complexity index is 909. The van der Waals surface area contributed by atoms with Crippen molar-refractivity contribution in [2.24, 2.45) is 0 Å². The summed E-state index contributed by atoms with van der Waals surface area (Å²) in [4.78, 5) is 27.2. The molecule has 1 aromatic heterocycles. The van der Waals surface area contributed by atoms with E-state index in [1.54, 1.807) is 14.2 Å². The molecule has 6 nitrogen and oxygen atoms in total. The molecule has 0 radical (unpaired) electrons. The standard InChI is InChI=1S/C21H25NO5S2/c1-12(28-13-9-10-15(25-2)16(11-13)26-3)19(23)22-20-18(21(24)27-4)14-7-5-6-8-17(14)29-20/h9-12H,5-8H2,1-4H3,(H,22,23). The Hall–Kier alpha value is -2.19. The van der Waals surface area contributed by atoms with Crippen molar-refractivity contribution in [3.05, 3.63) is 34.2 Å². The fourth-order valence-electron chi connectivity index (χ4n) is 3.33. The number of ether oxygens (including phenoxy) is 3. The second-order valence-corrected chi connectivity index (χ2v) is 9.19. The van der Waals surface area contributed by atoms with Gasteiger partial charge in [0.05, 0.1) is 32.1 Å². The van der Waals surface area contributed by atoms with Crippen LogP contribution in [0.5, 0.6) is 11.5 Å². The average molecular weight is 436 g/mol. The molecule has 0 bridgehead atoms. The predicted octanol–water partition coefficient (Wildman–Crippen LogP) is 4.55. The van der Waals surface area contributed by atoms with E-state index in [0.717, 1.165) is 36.1 Å². The lowest BCUT2D eigenvalue weighted by molar-refractivity contribution is -0.115. The summed E-state index contributed by atoms with van der Waals surface area (Å²) in [5, 5.41) is 3.18. The molecule has 29 heavy (non-hydrogen) atoms. The zero-order valence-corrected chi connectivity index (χ0v) is 18.6. The molecule has 1 aliphatic rings. The number of nitrogens with one attached hydrogen (secondary N) is 1. The van der Waals surface area contributed by atoms with Crippen molar-refractivity contribution in [3.63, 3.8) is 0 Å². The van der Waals surface area contributed by atoms with Gasteiger partial charge in [-0.1, -0.05) is 0 Å². The summed E-state index contributed by atoms with van der Waals surface area (Å²) in [7, 11) is 4.53.